The lowest BCUT2D eigenvalue weighted by Gasteiger charge is -2.29. The highest BCUT2D eigenvalue weighted by Gasteiger charge is 2.18. The van der Waals surface area contributed by atoms with Crippen LogP contribution >= 0.6 is 0 Å². The normalized spacial score (nSPS) is 32.8. The molecule has 0 spiro atoms. The number of aliphatic hydroxyl groups excluding tert-OH is 1. The molecular formula is C12H24N2O2. The maximum absolute atomic E-state index is 9.41. The Morgan fingerprint density at radius 3 is 2.50 bits per heavy atom. The first-order valence-corrected chi connectivity index (χ1v) is 6.56. The zero-order valence-corrected chi connectivity index (χ0v) is 10.0. The van der Waals surface area contributed by atoms with Crippen LogP contribution in [0.25, 0.3) is 0 Å². The summed E-state index contributed by atoms with van der Waals surface area (Å²) in [6, 6.07) is 0.629. The van der Waals surface area contributed by atoms with E-state index in [1.807, 2.05) is 0 Å². The first-order valence-electron chi connectivity index (χ1n) is 6.56. The first kappa shape index (κ1) is 12.3. The molecule has 2 rings (SSSR count). The lowest BCUT2D eigenvalue weighted by atomic mass is 9.93. The van der Waals surface area contributed by atoms with Gasteiger partial charge in [0.15, 0.2) is 0 Å². The van der Waals surface area contributed by atoms with Crippen LogP contribution in [-0.2, 0) is 4.74 Å². The summed E-state index contributed by atoms with van der Waals surface area (Å²) in [7, 11) is 0. The van der Waals surface area contributed by atoms with Crippen molar-refractivity contribution in [1.29, 1.82) is 0 Å². The van der Waals surface area contributed by atoms with E-state index in [-0.39, 0.29) is 6.10 Å². The second-order valence-corrected chi connectivity index (χ2v) is 4.91. The molecule has 16 heavy (non-hydrogen) atoms. The van der Waals surface area contributed by atoms with E-state index in [1.54, 1.807) is 0 Å². The minimum absolute atomic E-state index is 0.0442. The second-order valence-electron chi connectivity index (χ2n) is 4.91. The number of hydrogen-bond donors (Lipinski definition) is 2. The van der Waals surface area contributed by atoms with Gasteiger partial charge in [0.1, 0.15) is 0 Å². The predicted octanol–water partition coefficient (Wildman–Crippen LogP) is 0.212. The zero-order chi connectivity index (χ0) is 11.2. The summed E-state index contributed by atoms with van der Waals surface area (Å²) in [5.74, 6) is 0. The monoisotopic (exact) mass is 228 g/mol. The smallest absolute Gasteiger partial charge is 0.0594 e. The summed E-state index contributed by atoms with van der Waals surface area (Å²) in [5, 5.41) is 13.0. The molecule has 0 amide bonds. The molecule has 1 aliphatic heterocycles. The molecule has 0 radical (unpaired) electrons. The first-order chi connectivity index (χ1) is 7.84. The fourth-order valence-electron chi connectivity index (χ4n) is 2.53. The molecule has 1 saturated carbocycles. The molecule has 0 unspecified atom stereocenters. The van der Waals surface area contributed by atoms with Gasteiger partial charge in [0.05, 0.1) is 19.3 Å². The van der Waals surface area contributed by atoms with Gasteiger partial charge in [-0.15, -0.1) is 0 Å². The Hall–Kier alpha value is -0.160. The molecule has 4 nitrogen and oxygen atoms in total. The average Bonchev–Trinajstić information content (AvgIpc) is 2.33. The molecular weight excluding hydrogens is 204 g/mol. The topological polar surface area (TPSA) is 44.7 Å². The second kappa shape index (κ2) is 6.55. The van der Waals surface area contributed by atoms with Crippen LogP contribution in [-0.4, -0.2) is 61.5 Å². The van der Waals surface area contributed by atoms with Crippen molar-refractivity contribution in [1.82, 2.24) is 10.2 Å². The van der Waals surface area contributed by atoms with Crippen molar-refractivity contribution in [2.45, 2.75) is 37.8 Å². The number of morpholine rings is 1. The number of rotatable bonds is 4. The summed E-state index contributed by atoms with van der Waals surface area (Å²) in [6.07, 6.45) is 4.15. The van der Waals surface area contributed by atoms with E-state index in [4.69, 9.17) is 4.74 Å². The Bertz CT molecular complexity index is 187. The molecule has 2 fully saturated rings. The van der Waals surface area contributed by atoms with E-state index in [9.17, 15) is 5.11 Å². The molecule has 0 aromatic carbocycles. The van der Waals surface area contributed by atoms with Crippen LogP contribution in [0, 0.1) is 0 Å². The van der Waals surface area contributed by atoms with Crippen LogP contribution < -0.4 is 5.32 Å². The van der Waals surface area contributed by atoms with Crippen molar-refractivity contribution in [3.63, 3.8) is 0 Å². The van der Waals surface area contributed by atoms with Gasteiger partial charge in [-0.2, -0.15) is 0 Å². The fourth-order valence-corrected chi connectivity index (χ4v) is 2.53. The Kier molecular flexibility index (Phi) is 5.03. The number of ether oxygens (including phenoxy) is 1. The van der Waals surface area contributed by atoms with Gasteiger partial charge in [-0.25, -0.2) is 0 Å². The van der Waals surface area contributed by atoms with E-state index in [0.29, 0.717) is 6.04 Å². The van der Waals surface area contributed by atoms with Gasteiger partial charge in [0.25, 0.3) is 0 Å². The molecule has 1 heterocycles. The third-order valence-electron chi connectivity index (χ3n) is 3.66. The van der Waals surface area contributed by atoms with Crippen LogP contribution in [0.1, 0.15) is 25.7 Å². The lowest BCUT2D eigenvalue weighted by Crippen LogP contribution is -2.43. The Morgan fingerprint density at radius 2 is 1.81 bits per heavy atom. The standard InChI is InChI=1S/C12H24N2O2/c15-12-3-1-11(2-4-12)13-5-6-14-7-9-16-10-8-14/h11-13,15H,1-10H2. The number of hydrogen-bond acceptors (Lipinski definition) is 4. The summed E-state index contributed by atoms with van der Waals surface area (Å²) in [5.41, 5.74) is 0. The summed E-state index contributed by atoms with van der Waals surface area (Å²) >= 11 is 0. The average molecular weight is 228 g/mol. The van der Waals surface area contributed by atoms with Crippen molar-refractivity contribution in [2.24, 2.45) is 0 Å². The van der Waals surface area contributed by atoms with Crippen molar-refractivity contribution in [3.05, 3.63) is 0 Å². The third kappa shape index (κ3) is 4.01. The van der Waals surface area contributed by atoms with Crippen molar-refractivity contribution in [3.8, 4) is 0 Å². The highest BCUT2D eigenvalue weighted by atomic mass is 16.5. The van der Waals surface area contributed by atoms with E-state index >= 15 is 0 Å². The van der Waals surface area contributed by atoms with Crippen LogP contribution in [0.15, 0.2) is 0 Å². The molecule has 4 heteroatoms. The quantitative estimate of drug-likeness (QED) is 0.722. The van der Waals surface area contributed by atoms with E-state index in [2.05, 4.69) is 10.2 Å². The van der Waals surface area contributed by atoms with Crippen molar-refractivity contribution < 1.29 is 9.84 Å². The van der Waals surface area contributed by atoms with Crippen LogP contribution in [0.4, 0.5) is 0 Å². The summed E-state index contributed by atoms with van der Waals surface area (Å²) in [6.45, 7) is 6.12. The summed E-state index contributed by atoms with van der Waals surface area (Å²) in [4.78, 5) is 2.45. The van der Waals surface area contributed by atoms with E-state index < -0.39 is 0 Å². The minimum Gasteiger partial charge on any atom is -0.393 e. The van der Waals surface area contributed by atoms with Crippen LogP contribution in [0.5, 0.6) is 0 Å². The molecule has 94 valence electrons. The van der Waals surface area contributed by atoms with Crippen LogP contribution in [0.2, 0.25) is 0 Å². The Balaban J connectivity index is 1.53. The molecule has 2 N–H and O–H groups in total. The number of nitrogens with one attached hydrogen (secondary N) is 1. The van der Waals surface area contributed by atoms with Gasteiger partial charge in [-0.3, -0.25) is 4.90 Å². The molecule has 1 saturated heterocycles. The SMILES string of the molecule is OC1CCC(NCCN2CCOCC2)CC1. The summed E-state index contributed by atoms with van der Waals surface area (Å²) < 4.78 is 5.32. The van der Waals surface area contributed by atoms with Gasteiger partial charge >= 0.3 is 0 Å². The maximum Gasteiger partial charge on any atom is 0.0594 e. The van der Waals surface area contributed by atoms with Gasteiger partial charge in [-0.1, -0.05) is 0 Å². The Labute approximate surface area is 98.0 Å². The van der Waals surface area contributed by atoms with Crippen molar-refractivity contribution >= 4 is 0 Å². The van der Waals surface area contributed by atoms with Gasteiger partial charge in [0.2, 0.25) is 0 Å². The highest BCUT2D eigenvalue weighted by molar-refractivity contribution is 4.77. The minimum atomic E-state index is -0.0442. The Morgan fingerprint density at radius 1 is 1.12 bits per heavy atom. The van der Waals surface area contributed by atoms with E-state index in [1.165, 1.54) is 0 Å². The molecule has 0 aromatic heterocycles. The zero-order valence-electron chi connectivity index (χ0n) is 10.0. The largest absolute Gasteiger partial charge is 0.393 e. The lowest BCUT2D eigenvalue weighted by molar-refractivity contribution is 0.0376. The van der Waals surface area contributed by atoms with E-state index in [0.717, 1.165) is 65.1 Å². The van der Waals surface area contributed by atoms with Gasteiger partial charge in [-0.05, 0) is 25.7 Å². The molecule has 0 bridgehead atoms. The van der Waals surface area contributed by atoms with Gasteiger partial charge < -0.3 is 15.2 Å². The predicted molar refractivity (Wildman–Crippen MR) is 63.5 cm³/mol. The number of aliphatic hydroxyl groups is 1. The number of nitrogens with zero attached hydrogens (tertiary/aromatic N) is 1. The molecule has 0 atom stereocenters. The highest BCUT2D eigenvalue weighted by Crippen LogP contribution is 2.17. The third-order valence-corrected chi connectivity index (χ3v) is 3.66. The molecule has 0 aromatic rings. The molecule has 1 aliphatic carbocycles. The fraction of sp³-hybridized carbons (Fsp3) is 1.00. The maximum atomic E-state index is 9.41. The van der Waals surface area contributed by atoms with Gasteiger partial charge in [0, 0.05) is 32.2 Å². The van der Waals surface area contributed by atoms with Crippen molar-refractivity contribution in [2.75, 3.05) is 39.4 Å². The molecule has 2 aliphatic rings. The van der Waals surface area contributed by atoms with Crippen LogP contribution in [0.3, 0.4) is 0 Å².